The van der Waals surface area contributed by atoms with Crippen molar-refractivity contribution in [2.75, 3.05) is 18.5 Å². The van der Waals surface area contributed by atoms with Crippen LogP contribution in [0.5, 0.6) is 5.75 Å². The van der Waals surface area contributed by atoms with E-state index >= 15 is 0 Å². The van der Waals surface area contributed by atoms with Gasteiger partial charge in [-0.05, 0) is 50.2 Å². The van der Waals surface area contributed by atoms with E-state index in [4.69, 9.17) is 9.15 Å². The molecule has 0 saturated heterocycles. The van der Waals surface area contributed by atoms with Crippen molar-refractivity contribution in [3.8, 4) is 17.7 Å². The molecule has 0 aliphatic heterocycles. The van der Waals surface area contributed by atoms with Gasteiger partial charge < -0.3 is 19.8 Å². The third-order valence-electron chi connectivity index (χ3n) is 4.10. The molecule has 0 unspecified atom stereocenters. The summed E-state index contributed by atoms with van der Waals surface area (Å²) in [7, 11) is 0. The molecule has 0 radical (unpaired) electrons. The van der Waals surface area contributed by atoms with Gasteiger partial charge in [-0.3, -0.25) is 14.2 Å². The highest BCUT2D eigenvalue weighted by atomic mass is 16.5. The van der Waals surface area contributed by atoms with E-state index in [-0.39, 0.29) is 23.6 Å². The van der Waals surface area contributed by atoms with Crippen molar-refractivity contribution in [1.82, 2.24) is 9.88 Å². The highest BCUT2D eigenvalue weighted by molar-refractivity contribution is 6.07. The molecule has 29 heavy (non-hydrogen) atoms. The number of benzene rings is 1. The van der Waals surface area contributed by atoms with E-state index in [0.29, 0.717) is 29.6 Å². The Bertz CT molecular complexity index is 1040. The predicted molar refractivity (Wildman–Crippen MR) is 106 cm³/mol. The third-order valence-corrected chi connectivity index (χ3v) is 4.10. The molecule has 2 heterocycles. The summed E-state index contributed by atoms with van der Waals surface area (Å²) >= 11 is 0. The molecule has 0 saturated carbocycles. The molecule has 2 aromatic heterocycles. The van der Waals surface area contributed by atoms with E-state index in [9.17, 15) is 14.9 Å². The number of hydrogen-bond donors (Lipinski definition) is 2. The fourth-order valence-corrected chi connectivity index (χ4v) is 2.78. The number of nitrogens with zero attached hydrogens (tertiary/aromatic N) is 2. The van der Waals surface area contributed by atoms with Gasteiger partial charge in [0, 0.05) is 24.6 Å². The molecule has 148 valence electrons. The highest BCUT2D eigenvalue weighted by Gasteiger charge is 2.24. The van der Waals surface area contributed by atoms with Crippen molar-refractivity contribution >= 4 is 17.5 Å². The number of aryl methyl sites for hydroxylation is 1. The first-order valence-corrected chi connectivity index (χ1v) is 9.01. The van der Waals surface area contributed by atoms with E-state index in [0.717, 1.165) is 0 Å². The average molecular weight is 392 g/mol. The fraction of sp³-hybridized carbons (Fsp3) is 0.190. The van der Waals surface area contributed by atoms with Crippen LogP contribution >= 0.6 is 0 Å². The van der Waals surface area contributed by atoms with Crippen molar-refractivity contribution in [3.05, 3.63) is 65.7 Å². The van der Waals surface area contributed by atoms with Crippen LogP contribution in [0.4, 0.5) is 5.69 Å². The summed E-state index contributed by atoms with van der Waals surface area (Å²) in [6, 6.07) is 12.2. The number of likely N-dealkylation sites (N-methyl/N-ethyl adjacent to an activating group) is 1. The number of furan rings is 1. The minimum atomic E-state index is -0.447. The Morgan fingerprint density at radius 3 is 2.52 bits per heavy atom. The zero-order valence-electron chi connectivity index (χ0n) is 16.1. The molecule has 0 atom stereocenters. The molecule has 3 aromatic rings. The van der Waals surface area contributed by atoms with Gasteiger partial charge in [-0.15, -0.1) is 0 Å². The molecule has 0 aliphatic carbocycles. The lowest BCUT2D eigenvalue weighted by Crippen LogP contribution is -2.28. The van der Waals surface area contributed by atoms with Crippen molar-refractivity contribution < 1.29 is 18.7 Å². The van der Waals surface area contributed by atoms with E-state index in [1.807, 2.05) is 6.92 Å². The maximum absolute atomic E-state index is 12.8. The number of aromatic nitrogens is 1. The van der Waals surface area contributed by atoms with Crippen LogP contribution in [-0.2, 0) is 4.79 Å². The number of nitrogens with one attached hydrogen (secondary N) is 2. The molecule has 8 heteroatoms. The first-order chi connectivity index (χ1) is 14.0. The number of rotatable bonds is 7. The average Bonchev–Trinajstić information content (AvgIpc) is 3.35. The zero-order chi connectivity index (χ0) is 20.8. The van der Waals surface area contributed by atoms with Crippen LogP contribution in [0.25, 0.3) is 5.88 Å². The second-order valence-corrected chi connectivity index (χ2v) is 6.14. The Morgan fingerprint density at radius 2 is 1.90 bits per heavy atom. The lowest BCUT2D eigenvalue weighted by Gasteiger charge is -2.08. The van der Waals surface area contributed by atoms with Gasteiger partial charge in [-0.1, -0.05) is 0 Å². The molecule has 3 rings (SSSR count). The summed E-state index contributed by atoms with van der Waals surface area (Å²) in [5, 5.41) is 14.9. The van der Waals surface area contributed by atoms with E-state index in [1.165, 1.54) is 0 Å². The van der Waals surface area contributed by atoms with Gasteiger partial charge in [0.1, 0.15) is 28.7 Å². The van der Waals surface area contributed by atoms with Crippen LogP contribution in [0, 0.1) is 18.3 Å². The Kier molecular flexibility index (Phi) is 6.00. The first-order valence-electron chi connectivity index (χ1n) is 9.01. The highest BCUT2D eigenvalue weighted by Crippen LogP contribution is 2.26. The Morgan fingerprint density at radius 1 is 1.21 bits per heavy atom. The van der Waals surface area contributed by atoms with Crippen LogP contribution in [0.1, 0.15) is 28.6 Å². The van der Waals surface area contributed by atoms with Gasteiger partial charge in [-0.2, -0.15) is 5.26 Å². The smallest absolute Gasteiger partial charge is 0.260 e. The molecule has 2 amide bonds. The SMILES string of the molecule is CCNC(=O)COc1ccc(NC(=O)c2c(C)oc(-n3cccc3)c2C#N)cc1. The van der Waals surface area contributed by atoms with E-state index < -0.39 is 5.91 Å². The number of nitriles is 1. The lowest BCUT2D eigenvalue weighted by atomic mass is 10.1. The number of anilines is 1. The molecule has 2 N–H and O–H groups in total. The van der Waals surface area contributed by atoms with E-state index in [1.54, 1.807) is 60.3 Å². The predicted octanol–water partition coefficient (Wildman–Crippen LogP) is 3.02. The second-order valence-electron chi connectivity index (χ2n) is 6.14. The number of ether oxygens (including phenoxy) is 1. The third kappa shape index (κ3) is 4.47. The largest absolute Gasteiger partial charge is 0.484 e. The van der Waals surface area contributed by atoms with Crippen molar-refractivity contribution in [2.45, 2.75) is 13.8 Å². The molecule has 1 aromatic carbocycles. The Labute approximate surface area is 167 Å². The second kappa shape index (κ2) is 8.80. The fourth-order valence-electron chi connectivity index (χ4n) is 2.78. The van der Waals surface area contributed by atoms with E-state index in [2.05, 4.69) is 16.7 Å². The Hall–Kier alpha value is -3.99. The summed E-state index contributed by atoms with van der Waals surface area (Å²) in [6.07, 6.45) is 3.47. The monoisotopic (exact) mass is 392 g/mol. The molecule has 0 aliphatic rings. The summed E-state index contributed by atoms with van der Waals surface area (Å²) in [5.41, 5.74) is 0.873. The summed E-state index contributed by atoms with van der Waals surface area (Å²) < 4.78 is 12.7. The number of carbonyl (C=O) groups excluding carboxylic acids is 2. The van der Waals surface area contributed by atoms with Gasteiger partial charge in [0.05, 0.1) is 0 Å². The molecule has 8 nitrogen and oxygen atoms in total. The number of hydrogen-bond acceptors (Lipinski definition) is 5. The van der Waals surface area contributed by atoms with Crippen LogP contribution in [0.15, 0.2) is 53.2 Å². The minimum absolute atomic E-state index is 0.0819. The standard InChI is InChI=1S/C21H20N4O4/c1-3-23-18(26)13-28-16-8-6-15(7-9-16)24-20(27)19-14(2)29-21(17(19)12-22)25-10-4-5-11-25/h4-11H,3,13H2,1-2H3,(H,23,26)(H,24,27). The number of amides is 2. The van der Waals surface area contributed by atoms with Crippen LogP contribution < -0.4 is 15.4 Å². The Balaban J connectivity index is 1.72. The molecule has 0 spiro atoms. The molecule has 0 fully saturated rings. The van der Waals surface area contributed by atoms with Crippen molar-refractivity contribution in [1.29, 1.82) is 5.26 Å². The van der Waals surface area contributed by atoms with Crippen molar-refractivity contribution in [2.24, 2.45) is 0 Å². The summed E-state index contributed by atoms with van der Waals surface area (Å²) in [6.45, 7) is 3.93. The zero-order valence-corrected chi connectivity index (χ0v) is 16.1. The van der Waals surface area contributed by atoms with Crippen LogP contribution in [0.3, 0.4) is 0 Å². The van der Waals surface area contributed by atoms with Crippen LogP contribution in [0.2, 0.25) is 0 Å². The van der Waals surface area contributed by atoms with Gasteiger partial charge >= 0.3 is 0 Å². The van der Waals surface area contributed by atoms with Gasteiger partial charge in [0.25, 0.3) is 11.8 Å². The maximum Gasteiger partial charge on any atom is 0.260 e. The van der Waals surface area contributed by atoms with Crippen molar-refractivity contribution in [3.63, 3.8) is 0 Å². The van der Waals surface area contributed by atoms with Gasteiger partial charge in [0.15, 0.2) is 6.61 Å². The van der Waals surface area contributed by atoms with Gasteiger partial charge in [-0.25, -0.2) is 0 Å². The van der Waals surface area contributed by atoms with Crippen LogP contribution in [-0.4, -0.2) is 29.5 Å². The molecular formula is C21H20N4O4. The first kappa shape index (κ1) is 19.8. The maximum atomic E-state index is 12.8. The molecular weight excluding hydrogens is 372 g/mol. The topological polar surface area (TPSA) is 109 Å². The normalized spacial score (nSPS) is 10.2. The number of carbonyl (C=O) groups is 2. The molecule has 0 bridgehead atoms. The summed E-state index contributed by atoms with van der Waals surface area (Å²) in [5.74, 6) is 0.500. The quantitative estimate of drug-likeness (QED) is 0.642. The van der Waals surface area contributed by atoms with Gasteiger partial charge in [0.2, 0.25) is 5.88 Å². The lowest BCUT2D eigenvalue weighted by molar-refractivity contribution is -0.122. The summed E-state index contributed by atoms with van der Waals surface area (Å²) in [4.78, 5) is 24.2. The minimum Gasteiger partial charge on any atom is -0.484 e.